The Kier molecular flexibility index (Phi) is 6.01. The predicted molar refractivity (Wildman–Crippen MR) is 83.2 cm³/mol. The van der Waals surface area contributed by atoms with Crippen molar-refractivity contribution in [2.24, 2.45) is 0 Å². The van der Waals surface area contributed by atoms with Crippen molar-refractivity contribution < 1.29 is 13.5 Å². The molecule has 0 atom stereocenters. The maximum atomic E-state index is 12.6. The average Bonchev–Trinajstić information content (AvgIpc) is 2.49. The fourth-order valence-corrected chi connectivity index (χ4v) is 4.06. The first kappa shape index (κ1) is 16.7. The lowest BCUT2D eigenvalue weighted by Gasteiger charge is -2.33. The Hall–Kier alpha value is -0.660. The molecule has 1 heterocycles. The quantitative estimate of drug-likeness (QED) is 0.782. The molecule has 2 rings (SSSR count). The van der Waals surface area contributed by atoms with Crippen LogP contribution in [0.4, 0.5) is 0 Å². The summed E-state index contributed by atoms with van der Waals surface area (Å²) in [6.45, 7) is 2.95. The Labute approximate surface area is 131 Å². The maximum Gasteiger partial charge on any atom is 0.243 e. The lowest BCUT2D eigenvalue weighted by atomic mass is 10.2. The van der Waals surface area contributed by atoms with Crippen LogP contribution in [-0.2, 0) is 16.4 Å². The SMILES string of the molecule is O=S(=O)(c1ccc(CCCl)cc1)N1CCN(CCO)CC1. The van der Waals surface area contributed by atoms with Gasteiger partial charge in [0.05, 0.1) is 11.5 Å². The number of halogens is 1. The van der Waals surface area contributed by atoms with Gasteiger partial charge >= 0.3 is 0 Å². The molecule has 21 heavy (non-hydrogen) atoms. The Morgan fingerprint density at radius 1 is 1.10 bits per heavy atom. The van der Waals surface area contributed by atoms with Crippen LogP contribution in [-0.4, -0.2) is 67.9 Å². The molecule has 1 aliphatic rings. The smallest absolute Gasteiger partial charge is 0.243 e. The van der Waals surface area contributed by atoms with Gasteiger partial charge in [0.2, 0.25) is 10.0 Å². The zero-order valence-corrected chi connectivity index (χ0v) is 13.5. The fraction of sp³-hybridized carbons (Fsp3) is 0.571. The first-order chi connectivity index (χ1) is 10.1. The highest BCUT2D eigenvalue weighted by atomic mass is 35.5. The zero-order chi connectivity index (χ0) is 15.3. The number of alkyl halides is 1. The highest BCUT2D eigenvalue weighted by Crippen LogP contribution is 2.18. The van der Waals surface area contributed by atoms with Crippen molar-refractivity contribution in [1.29, 1.82) is 0 Å². The minimum atomic E-state index is -3.42. The molecular weight excluding hydrogens is 312 g/mol. The minimum Gasteiger partial charge on any atom is -0.395 e. The topological polar surface area (TPSA) is 60.9 Å². The number of hydrogen-bond donors (Lipinski definition) is 1. The number of β-amino-alcohol motifs (C(OH)–C–C–N with tert-alkyl or cyclic N) is 1. The van der Waals surface area contributed by atoms with E-state index < -0.39 is 10.0 Å². The number of aryl methyl sites for hydroxylation is 1. The molecule has 0 bridgehead atoms. The van der Waals surface area contributed by atoms with Crippen LogP contribution in [0.3, 0.4) is 0 Å². The molecule has 0 spiro atoms. The molecule has 1 aromatic carbocycles. The molecule has 1 aliphatic heterocycles. The number of piperazine rings is 1. The second kappa shape index (κ2) is 7.56. The summed E-state index contributed by atoms with van der Waals surface area (Å²) in [7, 11) is -3.42. The van der Waals surface area contributed by atoms with Gasteiger partial charge in [-0.3, -0.25) is 4.90 Å². The maximum absolute atomic E-state index is 12.6. The first-order valence-electron chi connectivity index (χ1n) is 7.06. The van der Waals surface area contributed by atoms with E-state index in [9.17, 15) is 8.42 Å². The Balaban J connectivity index is 2.04. The van der Waals surface area contributed by atoms with Crippen molar-refractivity contribution in [3.63, 3.8) is 0 Å². The monoisotopic (exact) mass is 332 g/mol. The van der Waals surface area contributed by atoms with E-state index >= 15 is 0 Å². The van der Waals surface area contributed by atoms with Crippen LogP contribution >= 0.6 is 11.6 Å². The summed E-state index contributed by atoms with van der Waals surface area (Å²) in [5.41, 5.74) is 1.04. The summed E-state index contributed by atoms with van der Waals surface area (Å²) < 4.78 is 26.6. The van der Waals surface area contributed by atoms with Crippen molar-refractivity contribution in [2.75, 3.05) is 45.2 Å². The van der Waals surface area contributed by atoms with Crippen molar-refractivity contribution in [3.05, 3.63) is 29.8 Å². The van der Waals surface area contributed by atoms with Crippen LogP contribution in [0.15, 0.2) is 29.2 Å². The predicted octanol–water partition coefficient (Wildman–Crippen LogP) is 0.767. The van der Waals surface area contributed by atoms with Gasteiger partial charge < -0.3 is 5.11 Å². The van der Waals surface area contributed by atoms with Gasteiger partial charge in [0.1, 0.15) is 0 Å². The van der Waals surface area contributed by atoms with Crippen molar-refractivity contribution in [3.8, 4) is 0 Å². The van der Waals surface area contributed by atoms with E-state index in [0.717, 1.165) is 12.0 Å². The van der Waals surface area contributed by atoms with Crippen LogP contribution in [0.5, 0.6) is 0 Å². The van der Waals surface area contributed by atoms with Gasteiger partial charge in [-0.15, -0.1) is 11.6 Å². The minimum absolute atomic E-state index is 0.106. The molecule has 0 amide bonds. The highest BCUT2D eigenvalue weighted by molar-refractivity contribution is 7.89. The number of benzene rings is 1. The van der Waals surface area contributed by atoms with Crippen LogP contribution < -0.4 is 0 Å². The van der Waals surface area contributed by atoms with Gasteiger partial charge in [-0.25, -0.2) is 8.42 Å². The van der Waals surface area contributed by atoms with E-state index in [0.29, 0.717) is 43.5 Å². The van der Waals surface area contributed by atoms with Crippen LogP contribution in [0.1, 0.15) is 5.56 Å². The Morgan fingerprint density at radius 2 is 1.71 bits per heavy atom. The van der Waals surface area contributed by atoms with E-state index in [1.54, 1.807) is 12.1 Å². The third-order valence-electron chi connectivity index (χ3n) is 3.69. The summed E-state index contributed by atoms with van der Waals surface area (Å²) in [5.74, 6) is 0.527. The standard InChI is InChI=1S/C14H21ClN2O3S/c15-6-5-13-1-3-14(4-2-13)21(19,20)17-9-7-16(8-10-17)11-12-18/h1-4,18H,5-12H2. The number of aliphatic hydroxyl groups excluding tert-OH is 1. The first-order valence-corrected chi connectivity index (χ1v) is 9.03. The lowest BCUT2D eigenvalue weighted by Crippen LogP contribution is -2.49. The third-order valence-corrected chi connectivity index (χ3v) is 5.79. The molecule has 1 N–H and O–H groups in total. The van der Waals surface area contributed by atoms with Crippen molar-refractivity contribution in [2.45, 2.75) is 11.3 Å². The van der Waals surface area contributed by atoms with Crippen LogP contribution in [0.25, 0.3) is 0 Å². The summed E-state index contributed by atoms with van der Waals surface area (Å²) in [5, 5.41) is 8.91. The molecule has 1 aromatic rings. The van der Waals surface area contributed by atoms with Gasteiger partial charge in [0.15, 0.2) is 0 Å². The number of nitrogens with zero attached hydrogens (tertiary/aromatic N) is 2. The summed E-state index contributed by atoms with van der Waals surface area (Å²) >= 11 is 5.68. The molecule has 0 unspecified atom stereocenters. The largest absolute Gasteiger partial charge is 0.395 e. The normalized spacial score (nSPS) is 18.0. The average molecular weight is 333 g/mol. The molecule has 5 nitrogen and oxygen atoms in total. The summed E-state index contributed by atoms with van der Waals surface area (Å²) in [6.07, 6.45) is 0.738. The van der Waals surface area contributed by atoms with Crippen LogP contribution in [0, 0.1) is 0 Å². The molecule has 0 radical (unpaired) electrons. The number of aliphatic hydroxyl groups is 1. The molecular formula is C14H21ClN2O3S. The third kappa shape index (κ3) is 4.17. The second-order valence-corrected chi connectivity index (χ2v) is 7.37. The molecule has 1 fully saturated rings. The van der Waals surface area contributed by atoms with Gasteiger partial charge in [-0.05, 0) is 24.1 Å². The summed E-state index contributed by atoms with van der Waals surface area (Å²) in [6, 6.07) is 6.93. The zero-order valence-electron chi connectivity index (χ0n) is 11.9. The second-order valence-electron chi connectivity index (χ2n) is 5.05. The highest BCUT2D eigenvalue weighted by Gasteiger charge is 2.28. The fourth-order valence-electron chi connectivity index (χ4n) is 2.42. The van der Waals surface area contributed by atoms with Crippen molar-refractivity contribution >= 4 is 21.6 Å². The molecule has 7 heteroatoms. The van der Waals surface area contributed by atoms with E-state index in [1.165, 1.54) is 4.31 Å². The van der Waals surface area contributed by atoms with E-state index in [4.69, 9.17) is 16.7 Å². The van der Waals surface area contributed by atoms with E-state index in [-0.39, 0.29) is 6.61 Å². The summed E-state index contributed by atoms with van der Waals surface area (Å²) in [4.78, 5) is 2.40. The molecule has 0 aliphatic carbocycles. The molecule has 1 saturated heterocycles. The Morgan fingerprint density at radius 3 is 2.24 bits per heavy atom. The molecule has 118 valence electrons. The van der Waals surface area contributed by atoms with Gasteiger partial charge in [0, 0.05) is 38.6 Å². The molecule has 0 saturated carbocycles. The van der Waals surface area contributed by atoms with E-state index in [2.05, 4.69) is 4.90 Å². The van der Waals surface area contributed by atoms with Crippen LogP contribution in [0.2, 0.25) is 0 Å². The van der Waals surface area contributed by atoms with Gasteiger partial charge in [-0.2, -0.15) is 4.31 Å². The van der Waals surface area contributed by atoms with E-state index in [1.807, 2.05) is 12.1 Å². The lowest BCUT2D eigenvalue weighted by molar-refractivity contribution is 0.151. The van der Waals surface area contributed by atoms with Gasteiger partial charge in [-0.1, -0.05) is 12.1 Å². The number of hydrogen-bond acceptors (Lipinski definition) is 4. The number of sulfonamides is 1. The Bertz CT molecular complexity index is 540. The van der Waals surface area contributed by atoms with Crippen molar-refractivity contribution in [1.82, 2.24) is 9.21 Å². The molecule has 0 aromatic heterocycles. The van der Waals surface area contributed by atoms with Gasteiger partial charge in [0.25, 0.3) is 0 Å². The number of rotatable bonds is 6.